The van der Waals surface area contributed by atoms with E-state index in [4.69, 9.17) is 0 Å². The molecule has 2 amide bonds. The standard InChI is InChI=1S/C28H33N5O2/c1-17-4-5-21(14-30-17)27(34)31-26-9-20(13-29)8-25(19(26)3)16-32-6-7-33(18(2)15-32)28(35)24-11-22-10-23(22)12-24/h4-5,8-9,14,18,22-24H,6-7,10-12,15-16H2,1-3H3,(H,31,34)/t18-,22?,23?,24?/m0/s1. The van der Waals surface area contributed by atoms with Crippen LogP contribution in [0.25, 0.3) is 0 Å². The van der Waals surface area contributed by atoms with E-state index in [-0.39, 0.29) is 17.9 Å². The molecule has 2 saturated carbocycles. The van der Waals surface area contributed by atoms with Crippen LogP contribution in [-0.4, -0.2) is 52.3 Å². The van der Waals surface area contributed by atoms with Crippen LogP contribution in [-0.2, 0) is 11.3 Å². The maximum atomic E-state index is 13.1. The molecular formula is C28H33N5O2. The number of rotatable bonds is 5. The Balaban J connectivity index is 1.26. The second-order valence-electron chi connectivity index (χ2n) is 10.6. The Morgan fingerprint density at radius 2 is 1.91 bits per heavy atom. The molecule has 7 nitrogen and oxygen atoms in total. The molecule has 2 unspecified atom stereocenters. The minimum atomic E-state index is -0.244. The summed E-state index contributed by atoms with van der Waals surface area (Å²) < 4.78 is 0. The van der Waals surface area contributed by atoms with Crippen molar-refractivity contribution < 1.29 is 9.59 Å². The zero-order valence-electron chi connectivity index (χ0n) is 20.8. The number of nitrogens with one attached hydrogen (secondary N) is 1. The van der Waals surface area contributed by atoms with Crippen LogP contribution in [0.1, 0.15) is 58.9 Å². The minimum absolute atomic E-state index is 0.167. The van der Waals surface area contributed by atoms with Gasteiger partial charge in [-0.15, -0.1) is 0 Å². The number of nitrogens with zero attached hydrogens (tertiary/aromatic N) is 4. The van der Waals surface area contributed by atoms with E-state index in [1.54, 1.807) is 24.4 Å². The average Bonchev–Trinajstić information content (AvgIpc) is 3.46. The fourth-order valence-electron chi connectivity index (χ4n) is 5.83. The summed E-state index contributed by atoms with van der Waals surface area (Å²) in [5.41, 5.74) is 4.46. The van der Waals surface area contributed by atoms with Gasteiger partial charge in [-0.2, -0.15) is 5.26 Å². The number of nitriles is 1. The summed E-state index contributed by atoms with van der Waals surface area (Å²) in [6.45, 7) is 9.03. The molecule has 2 aromatic rings. The molecule has 1 saturated heterocycles. The molecule has 3 atom stereocenters. The van der Waals surface area contributed by atoms with E-state index in [1.807, 2.05) is 19.9 Å². The lowest BCUT2D eigenvalue weighted by molar-refractivity contribution is -0.140. The van der Waals surface area contributed by atoms with E-state index < -0.39 is 0 Å². The molecule has 1 aromatic carbocycles. The van der Waals surface area contributed by atoms with Crippen molar-refractivity contribution in [2.75, 3.05) is 25.0 Å². The normalized spacial score (nSPS) is 25.6. The lowest BCUT2D eigenvalue weighted by Gasteiger charge is -2.41. The summed E-state index contributed by atoms with van der Waals surface area (Å²) >= 11 is 0. The van der Waals surface area contributed by atoms with Gasteiger partial charge in [-0.05, 0) is 87.3 Å². The third-order valence-corrected chi connectivity index (χ3v) is 8.05. The van der Waals surface area contributed by atoms with Gasteiger partial charge in [-0.3, -0.25) is 19.5 Å². The van der Waals surface area contributed by atoms with Crippen molar-refractivity contribution in [3.8, 4) is 6.07 Å². The van der Waals surface area contributed by atoms with Crippen molar-refractivity contribution >= 4 is 17.5 Å². The van der Waals surface area contributed by atoms with Gasteiger partial charge in [0.2, 0.25) is 5.91 Å². The van der Waals surface area contributed by atoms with E-state index in [0.717, 1.165) is 61.1 Å². The number of anilines is 1. The fraction of sp³-hybridized carbons (Fsp3) is 0.500. The first-order valence-corrected chi connectivity index (χ1v) is 12.6. The van der Waals surface area contributed by atoms with Crippen molar-refractivity contribution in [3.05, 3.63) is 58.4 Å². The Labute approximate surface area is 207 Å². The lowest BCUT2D eigenvalue weighted by Crippen LogP contribution is -2.55. The van der Waals surface area contributed by atoms with Gasteiger partial charge >= 0.3 is 0 Å². The number of piperazine rings is 1. The molecule has 1 N–H and O–H groups in total. The number of aryl methyl sites for hydroxylation is 1. The van der Waals surface area contributed by atoms with Crippen LogP contribution in [0.2, 0.25) is 0 Å². The molecule has 7 heteroatoms. The second kappa shape index (κ2) is 9.43. The van der Waals surface area contributed by atoms with Gasteiger partial charge in [-0.25, -0.2) is 0 Å². The number of hydrogen-bond acceptors (Lipinski definition) is 5. The predicted octanol–water partition coefficient (Wildman–Crippen LogP) is 3.90. The quantitative estimate of drug-likeness (QED) is 0.714. The molecule has 3 aliphatic rings. The molecule has 1 aliphatic heterocycles. The van der Waals surface area contributed by atoms with Crippen LogP contribution in [0.3, 0.4) is 0 Å². The molecule has 3 fully saturated rings. The Bertz CT molecular complexity index is 1180. The third-order valence-electron chi connectivity index (χ3n) is 8.05. The van der Waals surface area contributed by atoms with Crippen LogP contribution >= 0.6 is 0 Å². The predicted molar refractivity (Wildman–Crippen MR) is 134 cm³/mol. The number of fused-ring (bicyclic) bond motifs is 1. The van der Waals surface area contributed by atoms with Crippen LogP contribution in [0.4, 0.5) is 5.69 Å². The summed E-state index contributed by atoms with van der Waals surface area (Å²) in [5.74, 6) is 1.97. The van der Waals surface area contributed by atoms with Crippen molar-refractivity contribution in [2.45, 2.75) is 52.6 Å². The summed E-state index contributed by atoms with van der Waals surface area (Å²) in [7, 11) is 0. The number of pyridine rings is 1. The number of aromatic nitrogens is 1. The second-order valence-corrected chi connectivity index (χ2v) is 10.6. The van der Waals surface area contributed by atoms with Gasteiger partial charge in [0.1, 0.15) is 0 Å². The Morgan fingerprint density at radius 3 is 2.57 bits per heavy atom. The van der Waals surface area contributed by atoms with Crippen molar-refractivity contribution in [1.29, 1.82) is 5.26 Å². The summed E-state index contributed by atoms with van der Waals surface area (Å²) in [4.78, 5) is 34.5. The fourth-order valence-corrected chi connectivity index (χ4v) is 5.83. The topological polar surface area (TPSA) is 89.3 Å². The Hall–Kier alpha value is -3.24. The highest BCUT2D eigenvalue weighted by atomic mass is 16.2. The number of hydrogen-bond donors (Lipinski definition) is 1. The van der Waals surface area contributed by atoms with E-state index in [1.165, 1.54) is 6.42 Å². The number of benzene rings is 1. The first-order chi connectivity index (χ1) is 16.8. The highest BCUT2D eigenvalue weighted by Gasteiger charge is 2.49. The molecule has 0 radical (unpaired) electrons. The van der Waals surface area contributed by atoms with Crippen molar-refractivity contribution in [2.24, 2.45) is 17.8 Å². The summed E-state index contributed by atoms with van der Waals surface area (Å²) in [6, 6.07) is 9.58. The highest BCUT2D eigenvalue weighted by molar-refractivity contribution is 6.04. The number of carbonyl (C=O) groups excluding carboxylic acids is 2. The molecule has 182 valence electrons. The molecule has 0 spiro atoms. The van der Waals surface area contributed by atoms with E-state index >= 15 is 0 Å². The monoisotopic (exact) mass is 471 g/mol. The summed E-state index contributed by atoms with van der Waals surface area (Å²) in [5, 5.41) is 12.6. The van der Waals surface area contributed by atoms with Gasteiger partial charge in [0.05, 0.1) is 17.2 Å². The molecule has 2 heterocycles. The first-order valence-electron chi connectivity index (χ1n) is 12.6. The van der Waals surface area contributed by atoms with Crippen molar-refractivity contribution in [1.82, 2.24) is 14.8 Å². The van der Waals surface area contributed by atoms with Gasteiger partial charge in [0, 0.05) is 55.7 Å². The number of carbonyl (C=O) groups is 2. The van der Waals surface area contributed by atoms with Crippen LogP contribution in [0.5, 0.6) is 0 Å². The van der Waals surface area contributed by atoms with Crippen LogP contribution in [0.15, 0.2) is 30.5 Å². The van der Waals surface area contributed by atoms with Crippen LogP contribution < -0.4 is 5.32 Å². The molecule has 35 heavy (non-hydrogen) atoms. The zero-order chi connectivity index (χ0) is 24.7. The minimum Gasteiger partial charge on any atom is -0.337 e. The lowest BCUT2D eigenvalue weighted by atomic mass is 9.99. The van der Waals surface area contributed by atoms with Gasteiger partial charge in [0.25, 0.3) is 5.91 Å². The largest absolute Gasteiger partial charge is 0.337 e. The zero-order valence-corrected chi connectivity index (χ0v) is 20.8. The van der Waals surface area contributed by atoms with Gasteiger partial charge in [0.15, 0.2) is 0 Å². The van der Waals surface area contributed by atoms with Gasteiger partial charge in [-0.1, -0.05) is 0 Å². The maximum Gasteiger partial charge on any atom is 0.257 e. The maximum absolute atomic E-state index is 13.1. The van der Waals surface area contributed by atoms with Gasteiger partial charge < -0.3 is 10.2 Å². The molecule has 5 rings (SSSR count). The average molecular weight is 472 g/mol. The third kappa shape index (κ3) is 4.94. The van der Waals surface area contributed by atoms with E-state index in [2.05, 4.69) is 33.1 Å². The molecule has 0 bridgehead atoms. The smallest absolute Gasteiger partial charge is 0.257 e. The van der Waals surface area contributed by atoms with Crippen molar-refractivity contribution in [3.63, 3.8) is 0 Å². The Kier molecular flexibility index (Phi) is 6.33. The Morgan fingerprint density at radius 1 is 1.14 bits per heavy atom. The molecule has 1 aromatic heterocycles. The van der Waals surface area contributed by atoms with Crippen LogP contribution in [0, 0.1) is 42.9 Å². The summed E-state index contributed by atoms with van der Waals surface area (Å²) in [6.07, 6.45) is 5.07. The molecular weight excluding hydrogens is 438 g/mol. The first kappa shape index (κ1) is 23.5. The van der Waals surface area contributed by atoms with E-state index in [9.17, 15) is 14.9 Å². The SMILES string of the molecule is Cc1ccc(C(=O)Nc2cc(C#N)cc(CN3CCN(C(=O)C4CC5CC5C4)[C@@H](C)C3)c2C)cn1. The van der Waals surface area contributed by atoms with E-state index in [0.29, 0.717) is 29.3 Å². The number of amides is 2. The highest BCUT2D eigenvalue weighted by Crippen LogP contribution is 2.54. The molecule has 2 aliphatic carbocycles.